The number of rotatable bonds is 5. The van der Waals surface area contributed by atoms with Gasteiger partial charge in [0, 0.05) is 16.8 Å². The molecule has 2 aromatic rings. The summed E-state index contributed by atoms with van der Waals surface area (Å²) < 4.78 is 37.0. The maximum atomic E-state index is 12.8. The van der Waals surface area contributed by atoms with E-state index in [1.54, 1.807) is 36.4 Å². The number of ether oxygens (including phenoxy) is 2. The summed E-state index contributed by atoms with van der Waals surface area (Å²) in [5.74, 6) is 0.497. The van der Waals surface area contributed by atoms with E-state index in [1.807, 2.05) is 6.92 Å². The molecule has 1 atom stereocenters. The predicted molar refractivity (Wildman–Crippen MR) is 109 cm³/mol. The van der Waals surface area contributed by atoms with Gasteiger partial charge in [0.1, 0.15) is 19.3 Å². The van der Waals surface area contributed by atoms with Crippen LogP contribution >= 0.6 is 11.6 Å². The molecule has 0 saturated heterocycles. The molecule has 9 heteroatoms. The molecule has 0 spiro atoms. The van der Waals surface area contributed by atoms with Crippen LogP contribution in [-0.2, 0) is 14.8 Å². The van der Waals surface area contributed by atoms with Crippen LogP contribution in [0.1, 0.15) is 12.5 Å². The van der Waals surface area contributed by atoms with Crippen LogP contribution in [0.15, 0.2) is 36.4 Å². The van der Waals surface area contributed by atoms with E-state index < -0.39 is 22.0 Å². The summed E-state index contributed by atoms with van der Waals surface area (Å²) in [5.41, 5.74) is 1.66. The molecule has 1 aliphatic heterocycles. The second kappa shape index (κ2) is 7.89. The van der Waals surface area contributed by atoms with Crippen LogP contribution in [0.2, 0.25) is 5.02 Å². The number of amides is 1. The molecule has 0 saturated carbocycles. The van der Waals surface area contributed by atoms with E-state index in [4.69, 9.17) is 21.1 Å². The summed E-state index contributed by atoms with van der Waals surface area (Å²) in [4.78, 5) is 12.8. The highest BCUT2D eigenvalue weighted by molar-refractivity contribution is 7.92. The number of hydrogen-bond donors (Lipinski definition) is 1. The van der Waals surface area contributed by atoms with Gasteiger partial charge < -0.3 is 14.8 Å². The van der Waals surface area contributed by atoms with E-state index in [2.05, 4.69) is 5.32 Å². The largest absolute Gasteiger partial charge is 0.486 e. The molecule has 150 valence electrons. The monoisotopic (exact) mass is 424 g/mol. The first-order valence-electron chi connectivity index (χ1n) is 8.63. The first kappa shape index (κ1) is 20.3. The fourth-order valence-corrected chi connectivity index (χ4v) is 4.28. The Bertz CT molecular complexity index is 1010. The fraction of sp³-hybridized carbons (Fsp3) is 0.316. The Labute approximate surface area is 169 Å². The Morgan fingerprint density at radius 2 is 1.82 bits per heavy atom. The Morgan fingerprint density at radius 3 is 2.50 bits per heavy atom. The van der Waals surface area contributed by atoms with Crippen LogP contribution in [-0.4, -0.2) is 39.8 Å². The highest BCUT2D eigenvalue weighted by atomic mass is 35.5. The van der Waals surface area contributed by atoms with Crippen molar-refractivity contribution in [3.8, 4) is 11.5 Å². The van der Waals surface area contributed by atoms with Gasteiger partial charge in [-0.05, 0) is 43.7 Å². The van der Waals surface area contributed by atoms with Crippen molar-refractivity contribution in [1.29, 1.82) is 0 Å². The van der Waals surface area contributed by atoms with Crippen molar-refractivity contribution < 1.29 is 22.7 Å². The van der Waals surface area contributed by atoms with Gasteiger partial charge in [0.2, 0.25) is 15.9 Å². The maximum Gasteiger partial charge on any atom is 0.248 e. The Kier molecular flexibility index (Phi) is 5.71. The first-order chi connectivity index (χ1) is 13.2. The van der Waals surface area contributed by atoms with Gasteiger partial charge in [-0.2, -0.15) is 0 Å². The molecule has 7 nitrogen and oxygen atoms in total. The van der Waals surface area contributed by atoms with Gasteiger partial charge in [0.05, 0.1) is 11.9 Å². The minimum Gasteiger partial charge on any atom is -0.486 e. The zero-order chi connectivity index (χ0) is 20.5. The minimum atomic E-state index is -3.75. The highest BCUT2D eigenvalue weighted by Gasteiger charge is 2.30. The van der Waals surface area contributed by atoms with Gasteiger partial charge in [-0.15, -0.1) is 0 Å². The second-order valence-corrected chi connectivity index (χ2v) is 8.81. The highest BCUT2D eigenvalue weighted by Crippen LogP contribution is 2.35. The lowest BCUT2D eigenvalue weighted by Crippen LogP contribution is -2.45. The number of carbonyl (C=O) groups is 1. The lowest BCUT2D eigenvalue weighted by molar-refractivity contribution is -0.116. The average Bonchev–Trinajstić information content (AvgIpc) is 2.63. The third-order valence-electron chi connectivity index (χ3n) is 4.33. The molecule has 0 fully saturated rings. The zero-order valence-electron chi connectivity index (χ0n) is 15.7. The fourth-order valence-electron chi connectivity index (χ4n) is 2.94. The number of aryl methyl sites for hydroxylation is 1. The summed E-state index contributed by atoms with van der Waals surface area (Å²) >= 11 is 5.99. The number of fused-ring (bicyclic) bond motifs is 1. The summed E-state index contributed by atoms with van der Waals surface area (Å²) in [6.45, 7) is 4.15. The zero-order valence-corrected chi connectivity index (χ0v) is 17.3. The summed E-state index contributed by atoms with van der Waals surface area (Å²) in [7, 11) is -3.75. The molecular weight excluding hydrogens is 404 g/mol. The van der Waals surface area contributed by atoms with E-state index in [-0.39, 0.29) is 0 Å². The molecule has 28 heavy (non-hydrogen) atoms. The number of sulfonamides is 1. The van der Waals surface area contributed by atoms with Crippen molar-refractivity contribution in [1.82, 2.24) is 0 Å². The van der Waals surface area contributed by atoms with Crippen LogP contribution in [0.3, 0.4) is 0 Å². The third-order valence-corrected chi connectivity index (χ3v) is 5.80. The molecule has 3 rings (SSSR count). The number of hydrogen-bond acceptors (Lipinski definition) is 5. The van der Waals surface area contributed by atoms with E-state index >= 15 is 0 Å². The molecule has 0 unspecified atom stereocenters. The van der Waals surface area contributed by atoms with E-state index in [0.29, 0.717) is 41.1 Å². The van der Waals surface area contributed by atoms with Crippen molar-refractivity contribution in [2.24, 2.45) is 0 Å². The summed E-state index contributed by atoms with van der Waals surface area (Å²) in [6, 6.07) is 8.89. The number of benzene rings is 2. The normalized spacial score (nSPS) is 14.3. The smallest absolute Gasteiger partial charge is 0.248 e. The Morgan fingerprint density at radius 1 is 1.14 bits per heavy atom. The standard InChI is InChI=1S/C19H21ClN2O5S/c1-12-4-5-14(20)10-16(12)21-19(23)13(2)22(28(3,24)25)15-6-7-17-18(11-15)27-9-8-26-17/h4-7,10-11,13H,8-9H2,1-3H3,(H,21,23)/t13-/m0/s1. The van der Waals surface area contributed by atoms with Crippen LogP contribution < -0.4 is 19.1 Å². The lowest BCUT2D eigenvalue weighted by atomic mass is 10.2. The number of anilines is 2. The van der Waals surface area contributed by atoms with Crippen molar-refractivity contribution in [3.63, 3.8) is 0 Å². The van der Waals surface area contributed by atoms with Crippen LogP contribution in [0.4, 0.5) is 11.4 Å². The third kappa shape index (κ3) is 4.34. The van der Waals surface area contributed by atoms with Crippen molar-refractivity contribution in [2.45, 2.75) is 19.9 Å². The number of carbonyl (C=O) groups excluding carboxylic acids is 1. The van der Waals surface area contributed by atoms with Gasteiger partial charge in [0.25, 0.3) is 0 Å². The molecule has 0 aliphatic carbocycles. The molecule has 0 bridgehead atoms. The topological polar surface area (TPSA) is 84.9 Å². The van der Waals surface area contributed by atoms with Crippen molar-refractivity contribution >= 4 is 38.9 Å². The molecule has 1 heterocycles. The van der Waals surface area contributed by atoms with Crippen LogP contribution in [0.25, 0.3) is 0 Å². The predicted octanol–water partition coefficient (Wildman–Crippen LogP) is 3.21. The van der Waals surface area contributed by atoms with Gasteiger partial charge >= 0.3 is 0 Å². The lowest BCUT2D eigenvalue weighted by Gasteiger charge is -2.29. The number of nitrogens with zero attached hydrogens (tertiary/aromatic N) is 1. The quantitative estimate of drug-likeness (QED) is 0.796. The SMILES string of the molecule is Cc1ccc(Cl)cc1NC(=O)[C@H](C)N(c1ccc2c(c1)OCCO2)S(C)(=O)=O. The minimum absolute atomic E-state index is 0.317. The number of halogens is 1. The molecule has 0 radical (unpaired) electrons. The van der Waals surface area contributed by atoms with E-state index in [1.165, 1.54) is 6.92 Å². The van der Waals surface area contributed by atoms with Gasteiger partial charge in [-0.1, -0.05) is 17.7 Å². The maximum absolute atomic E-state index is 12.8. The Balaban J connectivity index is 1.91. The van der Waals surface area contributed by atoms with Gasteiger partial charge in [-0.3, -0.25) is 9.10 Å². The van der Waals surface area contributed by atoms with Gasteiger partial charge in [-0.25, -0.2) is 8.42 Å². The summed E-state index contributed by atoms with van der Waals surface area (Å²) in [6.07, 6.45) is 1.05. The number of nitrogens with one attached hydrogen (secondary N) is 1. The molecule has 1 amide bonds. The average molecular weight is 425 g/mol. The Hall–Kier alpha value is -2.45. The summed E-state index contributed by atoms with van der Waals surface area (Å²) in [5, 5.41) is 3.22. The van der Waals surface area contributed by atoms with Crippen molar-refractivity contribution in [3.05, 3.63) is 47.0 Å². The van der Waals surface area contributed by atoms with Crippen LogP contribution in [0, 0.1) is 6.92 Å². The van der Waals surface area contributed by atoms with Crippen LogP contribution in [0.5, 0.6) is 11.5 Å². The van der Waals surface area contributed by atoms with E-state index in [0.717, 1.165) is 16.1 Å². The second-order valence-electron chi connectivity index (χ2n) is 6.51. The molecular formula is C19H21ClN2O5S. The molecule has 1 aliphatic rings. The van der Waals surface area contributed by atoms with Gasteiger partial charge in [0.15, 0.2) is 11.5 Å². The molecule has 2 aromatic carbocycles. The van der Waals surface area contributed by atoms with E-state index in [9.17, 15) is 13.2 Å². The molecule has 0 aromatic heterocycles. The van der Waals surface area contributed by atoms with Crippen molar-refractivity contribution in [2.75, 3.05) is 29.1 Å². The molecule has 1 N–H and O–H groups in total. The first-order valence-corrected chi connectivity index (χ1v) is 10.9.